The van der Waals surface area contributed by atoms with Gasteiger partial charge in [0.25, 0.3) is 5.91 Å². The zero-order chi connectivity index (χ0) is 22.5. The Bertz CT molecular complexity index is 962. The second kappa shape index (κ2) is 10.1. The number of aliphatic hydroxyl groups is 1. The summed E-state index contributed by atoms with van der Waals surface area (Å²) in [5.41, 5.74) is 2.90. The first-order valence-corrected chi connectivity index (χ1v) is 11.1. The Morgan fingerprint density at radius 3 is 2.78 bits per heavy atom. The van der Waals surface area contributed by atoms with Gasteiger partial charge >= 0.3 is 0 Å². The number of aromatic nitrogens is 2. The van der Waals surface area contributed by atoms with E-state index in [1.807, 2.05) is 6.07 Å². The van der Waals surface area contributed by atoms with Crippen molar-refractivity contribution < 1.29 is 14.7 Å². The topological polar surface area (TPSA) is 119 Å². The predicted octanol–water partition coefficient (Wildman–Crippen LogP) is 0.562. The summed E-state index contributed by atoms with van der Waals surface area (Å²) in [7, 11) is 1.64. The van der Waals surface area contributed by atoms with Gasteiger partial charge in [0, 0.05) is 51.3 Å². The molecule has 32 heavy (non-hydrogen) atoms. The van der Waals surface area contributed by atoms with Gasteiger partial charge < -0.3 is 21.1 Å². The van der Waals surface area contributed by atoms with Crippen LogP contribution in [0, 0.1) is 5.92 Å². The van der Waals surface area contributed by atoms with E-state index in [2.05, 4.69) is 49.0 Å². The fourth-order valence-corrected chi connectivity index (χ4v) is 4.30. The first-order chi connectivity index (χ1) is 15.5. The summed E-state index contributed by atoms with van der Waals surface area (Å²) in [5, 5.41) is 19.1. The maximum atomic E-state index is 12.5. The maximum absolute atomic E-state index is 12.5. The molecule has 1 aromatic carbocycles. The van der Waals surface area contributed by atoms with E-state index < -0.39 is 6.10 Å². The molecule has 1 fully saturated rings. The van der Waals surface area contributed by atoms with Crippen LogP contribution < -0.4 is 16.0 Å². The highest BCUT2D eigenvalue weighted by atomic mass is 16.3. The number of carbonyl (C=O) groups excluding carboxylic acids is 2. The lowest BCUT2D eigenvalue weighted by atomic mass is 9.79. The molecule has 9 nitrogen and oxygen atoms in total. The highest BCUT2D eigenvalue weighted by Gasteiger charge is 2.34. The van der Waals surface area contributed by atoms with Crippen LogP contribution in [0.15, 0.2) is 36.7 Å². The number of nitrogens with one attached hydrogen (secondary N) is 3. The van der Waals surface area contributed by atoms with Crippen LogP contribution in [0.5, 0.6) is 0 Å². The van der Waals surface area contributed by atoms with Gasteiger partial charge in [0.2, 0.25) is 5.91 Å². The largest absolute Gasteiger partial charge is 0.390 e. The molecule has 170 valence electrons. The minimum Gasteiger partial charge on any atom is -0.390 e. The summed E-state index contributed by atoms with van der Waals surface area (Å²) in [6.07, 6.45) is 3.11. The molecule has 1 saturated carbocycles. The Balaban J connectivity index is 1.22. The van der Waals surface area contributed by atoms with Gasteiger partial charge in [0.15, 0.2) is 0 Å². The van der Waals surface area contributed by atoms with Gasteiger partial charge in [-0.2, -0.15) is 0 Å². The third-order valence-corrected chi connectivity index (χ3v) is 6.18. The number of hydrogen-bond donors (Lipinski definition) is 4. The summed E-state index contributed by atoms with van der Waals surface area (Å²) < 4.78 is 0. The Morgan fingerprint density at radius 2 is 2.00 bits per heavy atom. The molecular formula is C23H30N6O3. The monoisotopic (exact) mass is 438 g/mol. The second-order valence-corrected chi connectivity index (χ2v) is 8.53. The standard InChI is InChI=1S/C23H30N6O3/c1-24-22(31)17-8-18(9-17)28-21-10-20(26-14-27-21)23(32)25-11-19(30)13-29-7-6-15-4-2-3-5-16(15)12-29/h2-5,10,14,17-19,30H,6-9,11-13H2,1H3,(H,24,31)(H,25,32)(H,26,27,28)/t17-,18-,19-/m0/s1. The Hall–Kier alpha value is -3.04. The molecule has 0 spiro atoms. The van der Waals surface area contributed by atoms with E-state index in [4.69, 9.17) is 0 Å². The van der Waals surface area contributed by atoms with Crippen molar-refractivity contribution in [3.63, 3.8) is 0 Å². The second-order valence-electron chi connectivity index (χ2n) is 8.53. The molecule has 0 radical (unpaired) electrons. The molecule has 9 heteroatoms. The van der Waals surface area contributed by atoms with E-state index in [1.54, 1.807) is 13.1 Å². The molecule has 1 aromatic heterocycles. The number of fused-ring (bicyclic) bond motifs is 1. The zero-order valence-electron chi connectivity index (χ0n) is 18.3. The maximum Gasteiger partial charge on any atom is 0.270 e. The molecular weight excluding hydrogens is 408 g/mol. The first-order valence-electron chi connectivity index (χ1n) is 11.1. The molecule has 0 unspecified atom stereocenters. The number of anilines is 1. The van der Waals surface area contributed by atoms with E-state index in [-0.39, 0.29) is 36.0 Å². The van der Waals surface area contributed by atoms with Crippen LogP contribution >= 0.6 is 0 Å². The highest BCUT2D eigenvalue weighted by Crippen LogP contribution is 2.29. The number of benzene rings is 1. The van der Waals surface area contributed by atoms with E-state index in [1.165, 1.54) is 17.5 Å². The van der Waals surface area contributed by atoms with Crippen LogP contribution in [0.4, 0.5) is 5.82 Å². The third-order valence-electron chi connectivity index (χ3n) is 6.18. The van der Waals surface area contributed by atoms with Crippen molar-refractivity contribution >= 4 is 17.6 Å². The summed E-state index contributed by atoms with van der Waals surface area (Å²) in [6, 6.07) is 10.1. The van der Waals surface area contributed by atoms with Crippen LogP contribution in [0.1, 0.15) is 34.5 Å². The summed E-state index contributed by atoms with van der Waals surface area (Å²) >= 11 is 0. The number of β-amino-alcohol motifs (C(OH)–C–C–N with tert-alkyl or cyclic N) is 1. The molecule has 2 amide bonds. The molecule has 1 aliphatic heterocycles. The van der Waals surface area contributed by atoms with Crippen molar-refractivity contribution in [1.29, 1.82) is 0 Å². The lowest BCUT2D eigenvalue weighted by Gasteiger charge is -2.34. The Morgan fingerprint density at radius 1 is 1.22 bits per heavy atom. The zero-order valence-corrected chi connectivity index (χ0v) is 18.3. The van der Waals surface area contributed by atoms with Gasteiger partial charge in [0.1, 0.15) is 17.8 Å². The van der Waals surface area contributed by atoms with E-state index in [0.29, 0.717) is 12.4 Å². The smallest absolute Gasteiger partial charge is 0.270 e. The van der Waals surface area contributed by atoms with Crippen molar-refractivity contribution in [3.05, 3.63) is 53.5 Å². The lowest BCUT2D eigenvalue weighted by molar-refractivity contribution is -0.127. The van der Waals surface area contributed by atoms with E-state index >= 15 is 0 Å². The number of aliphatic hydroxyl groups excluding tert-OH is 1. The van der Waals surface area contributed by atoms with Crippen molar-refractivity contribution in [1.82, 2.24) is 25.5 Å². The van der Waals surface area contributed by atoms with Crippen molar-refractivity contribution in [2.24, 2.45) is 5.92 Å². The number of amides is 2. The third kappa shape index (κ3) is 5.41. The number of rotatable bonds is 8. The minimum atomic E-state index is -0.666. The average Bonchev–Trinajstić information content (AvgIpc) is 2.79. The van der Waals surface area contributed by atoms with Crippen LogP contribution in [0.25, 0.3) is 0 Å². The number of nitrogens with zero attached hydrogens (tertiary/aromatic N) is 3. The van der Waals surface area contributed by atoms with Gasteiger partial charge in [0.05, 0.1) is 6.10 Å². The van der Waals surface area contributed by atoms with Crippen molar-refractivity contribution in [3.8, 4) is 0 Å². The van der Waals surface area contributed by atoms with Gasteiger partial charge in [-0.15, -0.1) is 0 Å². The molecule has 1 aliphatic carbocycles. The van der Waals surface area contributed by atoms with E-state index in [9.17, 15) is 14.7 Å². The Kier molecular flexibility index (Phi) is 6.96. The van der Waals surface area contributed by atoms with Crippen LogP contribution in [0.2, 0.25) is 0 Å². The van der Waals surface area contributed by atoms with Gasteiger partial charge in [-0.3, -0.25) is 14.5 Å². The summed E-state index contributed by atoms with van der Waals surface area (Å²) in [6.45, 7) is 2.36. The van der Waals surface area contributed by atoms with E-state index in [0.717, 1.165) is 32.4 Å². The molecule has 2 aliphatic rings. The van der Waals surface area contributed by atoms with Gasteiger partial charge in [-0.25, -0.2) is 9.97 Å². The minimum absolute atomic E-state index is 0.0250. The van der Waals surface area contributed by atoms with Crippen LogP contribution in [0.3, 0.4) is 0 Å². The molecule has 2 heterocycles. The summed E-state index contributed by atoms with van der Waals surface area (Å²) in [5.74, 6) is 0.281. The molecule has 1 atom stereocenters. The molecule has 2 aromatic rings. The number of carbonyl (C=O) groups is 2. The van der Waals surface area contributed by atoms with Gasteiger partial charge in [-0.05, 0) is 30.4 Å². The summed E-state index contributed by atoms with van der Waals surface area (Å²) in [4.78, 5) is 34.5. The fourth-order valence-electron chi connectivity index (χ4n) is 4.30. The molecule has 4 N–H and O–H groups in total. The Labute approximate surface area is 187 Å². The molecule has 0 saturated heterocycles. The lowest BCUT2D eigenvalue weighted by Crippen LogP contribution is -2.43. The van der Waals surface area contributed by atoms with Crippen LogP contribution in [-0.4, -0.2) is 70.6 Å². The average molecular weight is 439 g/mol. The van der Waals surface area contributed by atoms with Crippen molar-refractivity contribution in [2.75, 3.05) is 32.0 Å². The van der Waals surface area contributed by atoms with Crippen molar-refractivity contribution in [2.45, 2.75) is 38.0 Å². The molecule has 0 bridgehead atoms. The predicted molar refractivity (Wildman–Crippen MR) is 120 cm³/mol. The first kappa shape index (κ1) is 22.2. The van der Waals surface area contributed by atoms with Gasteiger partial charge in [-0.1, -0.05) is 24.3 Å². The SMILES string of the molecule is CNC(=O)[C@H]1C[C@H](Nc2cc(C(=O)NC[C@H](O)CN3CCc4ccccc4C3)ncn2)C1. The van der Waals surface area contributed by atoms with Crippen LogP contribution in [-0.2, 0) is 17.8 Å². The molecule has 4 rings (SSSR count). The quantitative estimate of drug-likeness (QED) is 0.475. The normalized spacial score (nSPS) is 21.1. The highest BCUT2D eigenvalue weighted by molar-refractivity contribution is 5.92. The fraction of sp³-hybridized carbons (Fsp3) is 0.478. The number of hydrogen-bond acceptors (Lipinski definition) is 7.